The van der Waals surface area contributed by atoms with Crippen LogP contribution in [0.2, 0.25) is 0 Å². The van der Waals surface area contributed by atoms with Gasteiger partial charge in [-0.05, 0) is 146 Å². The summed E-state index contributed by atoms with van der Waals surface area (Å²) in [5.74, 6) is 0.669. The summed E-state index contributed by atoms with van der Waals surface area (Å²) in [5, 5.41) is 7.50. The van der Waals surface area contributed by atoms with E-state index in [4.69, 9.17) is 9.97 Å². The molecule has 0 radical (unpaired) electrons. The maximum absolute atomic E-state index is 5.47. The molecule has 9 aromatic carbocycles. The lowest BCUT2D eigenvalue weighted by Crippen LogP contribution is -2.03. The smallest absolute Gasteiger partial charge is 0.160 e. The molecule has 0 amide bonds. The van der Waals surface area contributed by atoms with Gasteiger partial charge in [-0.25, -0.2) is 9.97 Å². The normalized spacial score (nSPS) is 11.4. The zero-order valence-electron chi connectivity index (χ0n) is 35.8. The van der Waals surface area contributed by atoms with Crippen LogP contribution < -0.4 is 0 Å². The number of rotatable bonds is 9. The van der Waals surface area contributed by atoms with Gasteiger partial charge in [-0.15, -0.1) is 0 Å². The Morgan fingerprint density at radius 2 is 0.810 bits per heavy atom. The van der Waals surface area contributed by atoms with Crippen LogP contribution in [0, 0.1) is 6.92 Å². The van der Waals surface area contributed by atoms with Crippen molar-refractivity contribution in [3.05, 3.63) is 236 Å². The second kappa shape index (κ2) is 16.8. The lowest BCUT2D eigenvalue weighted by molar-refractivity contribution is 1.11. The minimum Gasteiger partial charge on any atom is -0.228 e. The third kappa shape index (κ3) is 7.58. The van der Waals surface area contributed by atoms with Crippen LogP contribution in [0.4, 0.5) is 0 Å². The molecule has 0 saturated carbocycles. The number of aromatic nitrogens is 2. The summed E-state index contributed by atoms with van der Waals surface area (Å²) in [6.07, 6.45) is 5.92. The molecular formula is C61H46N2. The molecule has 1 heterocycles. The summed E-state index contributed by atoms with van der Waals surface area (Å²) in [7, 11) is 0. The first kappa shape index (κ1) is 39.2. The van der Waals surface area contributed by atoms with E-state index in [0.29, 0.717) is 5.82 Å². The Hall–Kier alpha value is -7.94. The van der Waals surface area contributed by atoms with Gasteiger partial charge in [-0.2, -0.15) is 0 Å². The van der Waals surface area contributed by atoms with Crippen LogP contribution in [0.3, 0.4) is 0 Å². The van der Waals surface area contributed by atoms with E-state index in [1.807, 2.05) is 12.2 Å². The molecule has 10 aromatic rings. The first-order valence-electron chi connectivity index (χ1n) is 21.6. The minimum absolute atomic E-state index is 0.669. The number of hydrogen-bond acceptors (Lipinski definition) is 2. The van der Waals surface area contributed by atoms with Crippen LogP contribution in [-0.4, -0.2) is 9.97 Å². The minimum atomic E-state index is 0.669. The maximum Gasteiger partial charge on any atom is 0.160 e. The van der Waals surface area contributed by atoms with Crippen molar-refractivity contribution in [1.29, 1.82) is 0 Å². The van der Waals surface area contributed by atoms with Crippen molar-refractivity contribution in [1.82, 2.24) is 9.97 Å². The van der Waals surface area contributed by atoms with Gasteiger partial charge in [-0.3, -0.25) is 0 Å². The second-order valence-electron chi connectivity index (χ2n) is 16.4. The van der Waals surface area contributed by atoms with E-state index in [-0.39, 0.29) is 0 Å². The Balaban J connectivity index is 1.27. The molecule has 63 heavy (non-hydrogen) atoms. The summed E-state index contributed by atoms with van der Waals surface area (Å²) >= 11 is 0. The van der Waals surface area contributed by atoms with Crippen molar-refractivity contribution in [3.8, 4) is 67.2 Å². The Labute approximate surface area is 369 Å². The van der Waals surface area contributed by atoms with Crippen LogP contribution in [-0.2, 0) is 0 Å². The van der Waals surface area contributed by atoms with E-state index in [9.17, 15) is 0 Å². The Morgan fingerprint density at radius 1 is 0.397 bits per heavy atom. The highest BCUT2D eigenvalue weighted by Gasteiger charge is 2.19. The monoisotopic (exact) mass is 806 g/mol. The maximum atomic E-state index is 5.47. The molecule has 0 unspecified atom stereocenters. The third-order valence-corrected chi connectivity index (χ3v) is 12.1. The fourth-order valence-corrected chi connectivity index (χ4v) is 9.00. The average Bonchev–Trinajstić information content (AvgIpc) is 3.35. The Kier molecular flexibility index (Phi) is 10.5. The van der Waals surface area contributed by atoms with Crippen molar-refractivity contribution >= 4 is 37.9 Å². The predicted molar refractivity (Wildman–Crippen MR) is 270 cm³/mol. The van der Waals surface area contributed by atoms with Gasteiger partial charge in [-0.1, -0.05) is 182 Å². The molecule has 0 atom stereocenters. The lowest BCUT2D eigenvalue weighted by Gasteiger charge is -2.17. The summed E-state index contributed by atoms with van der Waals surface area (Å²) in [6.45, 7) is 10.4. The van der Waals surface area contributed by atoms with Gasteiger partial charge in [0.25, 0.3) is 0 Å². The van der Waals surface area contributed by atoms with Gasteiger partial charge >= 0.3 is 0 Å². The van der Waals surface area contributed by atoms with Crippen LogP contribution in [0.1, 0.15) is 25.1 Å². The molecule has 0 bridgehead atoms. The highest BCUT2D eigenvalue weighted by Crippen LogP contribution is 2.41. The summed E-state index contributed by atoms with van der Waals surface area (Å²) in [5.41, 5.74) is 16.1. The van der Waals surface area contributed by atoms with E-state index < -0.39 is 0 Å². The number of allylic oxidation sites excluding steroid dienone is 5. The molecule has 0 aliphatic rings. The third-order valence-electron chi connectivity index (χ3n) is 12.1. The molecule has 10 rings (SSSR count). The summed E-state index contributed by atoms with van der Waals surface area (Å²) in [6, 6.07) is 70.1. The van der Waals surface area contributed by atoms with Crippen molar-refractivity contribution < 1.29 is 0 Å². The van der Waals surface area contributed by atoms with Gasteiger partial charge in [0.05, 0.1) is 11.4 Å². The fourth-order valence-electron chi connectivity index (χ4n) is 9.00. The van der Waals surface area contributed by atoms with Crippen LogP contribution in [0.25, 0.3) is 105 Å². The molecule has 2 heteroatoms. The molecule has 1 aromatic heterocycles. The zero-order valence-corrected chi connectivity index (χ0v) is 35.8. The zero-order chi connectivity index (χ0) is 42.9. The van der Waals surface area contributed by atoms with E-state index in [1.165, 1.54) is 43.4 Å². The van der Waals surface area contributed by atoms with Gasteiger partial charge in [0.1, 0.15) is 0 Å². The number of benzene rings is 9. The number of fused-ring (bicyclic) bond motifs is 6. The molecule has 0 fully saturated rings. The van der Waals surface area contributed by atoms with E-state index in [2.05, 4.69) is 228 Å². The first-order valence-corrected chi connectivity index (χ1v) is 21.6. The lowest BCUT2D eigenvalue weighted by atomic mass is 9.89. The molecule has 0 spiro atoms. The average molecular weight is 807 g/mol. The Morgan fingerprint density at radius 3 is 1.30 bits per heavy atom. The quantitative estimate of drug-likeness (QED) is 0.107. The first-order chi connectivity index (χ1) is 30.9. The predicted octanol–water partition coefficient (Wildman–Crippen LogP) is 16.8. The molecule has 0 saturated heterocycles. The SMILES string of the molecule is C=C/C=C\C(=C(C)C)c1nc(-c2cc(-c3cc(-c4ccccc4)cc(-c4ccccc4)c3)cc(-c3ccc4c5ccccc5c5ccccc5c4c3)c2)nc(-c2ccccc2)c1C. The number of nitrogens with zero attached hydrogens (tertiary/aromatic N) is 2. The van der Waals surface area contributed by atoms with Gasteiger partial charge in [0, 0.05) is 16.7 Å². The van der Waals surface area contributed by atoms with Crippen molar-refractivity contribution in [2.24, 2.45) is 0 Å². The highest BCUT2D eigenvalue weighted by molar-refractivity contribution is 6.25. The van der Waals surface area contributed by atoms with E-state index in [0.717, 1.165) is 72.6 Å². The fraction of sp³-hybridized carbons (Fsp3) is 0.0492. The standard InChI is InChI=1S/C61H46N2/c1-5-6-26-52(40(2)3)60-41(4)59(44-24-14-9-15-25-44)62-61(63-60)51-37-48(45-31-32-57-55-29-17-16-27-53(55)54-28-18-19-30-56(54)58(57)39-45)36-50(38-51)49-34-46(42-20-10-7-11-21-42)33-47(35-49)43-22-12-8-13-23-43/h5-39H,1H2,2-4H3/b26-6-. The molecule has 0 aliphatic heterocycles. The summed E-state index contributed by atoms with van der Waals surface area (Å²) < 4.78 is 0. The van der Waals surface area contributed by atoms with Crippen molar-refractivity contribution in [2.75, 3.05) is 0 Å². The Bertz CT molecular complexity index is 3320. The molecule has 0 aliphatic carbocycles. The highest BCUT2D eigenvalue weighted by atomic mass is 14.9. The molecule has 300 valence electrons. The molecule has 2 nitrogen and oxygen atoms in total. The van der Waals surface area contributed by atoms with Crippen molar-refractivity contribution in [3.63, 3.8) is 0 Å². The van der Waals surface area contributed by atoms with Gasteiger partial charge in [0.2, 0.25) is 0 Å². The van der Waals surface area contributed by atoms with Gasteiger partial charge < -0.3 is 0 Å². The van der Waals surface area contributed by atoms with E-state index in [1.54, 1.807) is 0 Å². The largest absolute Gasteiger partial charge is 0.228 e. The topological polar surface area (TPSA) is 25.8 Å². The molecule has 0 N–H and O–H groups in total. The number of hydrogen-bond donors (Lipinski definition) is 0. The molecular weight excluding hydrogens is 761 g/mol. The van der Waals surface area contributed by atoms with Crippen LogP contribution in [0.15, 0.2) is 225 Å². The second-order valence-corrected chi connectivity index (χ2v) is 16.4. The van der Waals surface area contributed by atoms with Crippen molar-refractivity contribution in [2.45, 2.75) is 20.8 Å². The van der Waals surface area contributed by atoms with Gasteiger partial charge in [0.15, 0.2) is 5.82 Å². The van der Waals surface area contributed by atoms with Crippen LogP contribution in [0.5, 0.6) is 0 Å². The van der Waals surface area contributed by atoms with E-state index >= 15 is 0 Å². The van der Waals surface area contributed by atoms with Crippen LogP contribution >= 0.6 is 0 Å². The summed E-state index contributed by atoms with van der Waals surface area (Å²) in [4.78, 5) is 10.9.